The lowest BCUT2D eigenvalue weighted by molar-refractivity contribution is 0.344. The molecule has 2 unspecified atom stereocenters. The van der Waals surface area contributed by atoms with E-state index in [0.717, 1.165) is 11.8 Å². The van der Waals surface area contributed by atoms with Gasteiger partial charge >= 0.3 is 0 Å². The molecule has 0 bridgehead atoms. The molecule has 0 aromatic heterocycles. The molecule has 0 amide bonds. The van der Waals surface area contributed by atoms with Crippen LogP contribution in [0, 0.1) is 12.8 Å². The van der Waals surface area contributed by atoms with Crippen molar-refractivity contribution in [2.24, 2.45) is 5.92 Å². The monoisotopic (exact) mass is 230 g/mol. The fourth-order valence-corrected chi connectivity index (χ4v) is 3.27. The van der Waals surface area contributed by atoms with Crippen molar-refractivity contribution in [2.45, 2.75) is 65.2 Å². The molecule has 2 rings (SSSR count). The van der Waals surface area contributed by atoms with Crippen molar-refractivity contribution in [3.63, 3.8) is 0 Å². The van der Waals surface area contributed by atoms with Gasteiger partial charge in [-0.2, -0.15) is 0 Å². The third-order valence-corrected chi connectivity index (χ3v) is 4.33. The molecule has 0 aliphatic heterocycles. The van der Waals surface area contributed by atoms with E-state index >= 15 is 0 Å². The van der Waals surface area contributed by atoms with E-state index in [9.17, 15) is 0 Å². The molecule has 1 aromatic carbocycles. The predicted molar refractivity (Wildman–Crippen MR) is 75.6 cm³/mol. The van der Waals surface area contributed by atoms with Gasteiger partial charge in [0.25, 0.3) is 0 Å². The smallest absolute Gasteiger partial charge is 0.0159 e. The number of hydrogen-bond donors (Lipinski definition) is 0. The van der Waals surface area contributed by atoms with Crippen molar-refractivity contribution in [3.8, 4) is 0 Å². The average molecular weight is 230 g/mol. The number of aryl methyl sites for hydroxylation is 1. The maximum absolute atomic E-state index is 2.47. The van der Waals surface area contributed by atoms with Gasteiger partial charge in [-0.3, -0.25) is 0 Å². The van der Waals surface area contributed by atoms with E-state index in [2.05, 4.69) is 45.9 Å². The molecule has 0 radical (unpaired) electrons. The molecule has 1 saturated carbocycles. The fourth-order valence-electron chi connectivity index (χ4n) is 3.27. The maximum atomic E-state index is 2.47. The Kier molecular flexibility index (Phi) is 3.91. The molecular formula is C17H26. The minimum absolute atomic E-state index is 0.649. The Morgan fingerprint density at radius 3 is 2.59 bits per heavy atom. The predicted octanol–water partition coefficient (Wildman–Crippen LogP) is 5.41. The molecule has 1 aliphatic carbocycles. The van der Waals surface area contributed by atoms with Gasteiger partial charge in [0, 0.05) is 0 Å². The number of benzene rings is 1. The van der Waals surface area contributed by atoms with E-state index < -0.39 is 0 Å². The van der Waals surface area contributed by atoms with Crippen molar-refractivity contribution in [1.29, 1.82) is 0 Å². The van der Waals surface area contributed by atoms with Crippen LogP contribution < -0.4 is 0 Å². The zero-order chi connectivity index (χ0) is 12.4. The molecule has 1 aromatic rings. The van der Waals surface area contributed by atoms with Crippen molar-refractivity contribution in [2.75, 3.05) is 0 Å². The van der Waals surface area contributed by atoms with Crippen LogP contribution in [0.2, 0.25) is 0 Å². The van der Waals surface area contributed by atoms with Crippen LogP contribution in [0.1, 0.15) is 75.0 Å². The molecule has 1 aliphatic rings. The SMILES string of the molecule is Cc1ccc(C2CCCC(C)C2)cc1C(C)C. The third kappa shape index (κ3) is 2.91. The molecule has 0 heterocycles. The van der Waals surface area contributed by atoms with Crippen molar-refractivity contribution in [3.05, 3.63) is 34.9 Å². The van der Waals surface area contributed by atoms with Gasteiger partial charge in [-0.15, -0.1) is 0 Å². The number of rotatable bonds is 2. The Bertz CT molecular complexity index is 376. The van der Waals surface area contributed by atoms with Gasteiger partial charge in [-0.1, -0.05) is 51.8 Å². The van der Waals surface area contributed by atoms with Gasteiger partial charge in [0.05, 0.1) is 0 Å². The Labute approximate surface area is 106 Å². The summed E-state index contributed by atoms with van der Waals surface area (Å²) in [4.78, 5) is 0. The first-order chi connectivity index (χ1) is 8.08. The van der Waals surface area contributed by atoms with Gasteiger partial charge in [-0.05, 0) is 54.2 Å². The second-order valence-corrected chi connectivity index (χ2v) is 6.24. The zero-order valence-corrected chi connectivity index (χ0v) is 11.8. The Hall–Kier alpha value is -0.780. The molecule has 0 saturated heterocycles. The highest BCUT2D eigenvalue weighted by Gasteiger charge is 2.21. The normalized spacial score (nSPS) is 25.2. The number of hydrogen-bond acceptors (Lipinski definition) is 0. The lowest BCUT2D eigenvalue weighted by atomic mass is 9.78. The standard InChI is InChI=1S/C17H26/c1-12(2)17-11-16(9-8-14(17)4)15-7-5-6-13(3)10-15/h8-9,11-13,15H,5-7,10H2,1-4H3. The van der Waals surface area contributed by atoms with Crippen molar-refractivity contribution >= 4 is 0 Å². The van der Waals surface area contributed by atoms with Crippen LogP contribution in [0.4, 0.5) is 0 Å². The molecule has 17 heavy (non-hydrogen) atoms. The van der Waals surface area contributed by atoms with E-state index in [4.69, 9.17) is 0 Å². The van der Waals surface area contributed by atoms with Crippen LogP contribution in [-0.2, 0) is 0 Å². The van der Waals surface area contributed by atoms with Gasteiger partial charge in [0.1, 0.15) is 0 Å². The summed E-state index contributed by atoms with van der Waals surface area (Å²) in [5.74, 6) is 2.38. The Morgan fingerprint density at radius 1 is 1.18 bits per heavy atom. The Morgan fingerprint density at radius 2 is 1.94 bits per heavy atom. The van der Waals surface area contributed by atoms with Crippen LogP contribution in [0.25, 0.3) is 0 Å². The van der Waals surface area contributed by atoms with E-state index in [1.165, 1.54) is 31.2 Å². The lowest BCUT2D eigenvalue weighted by Crippen LogP contribution is -2.12. The lowest BCUT2D eigenvalue weighted by Gasteiger charge is -2.28. The quantitative estimate of drug-likeness (QED) is 0.637. The summed E-state index contributed by atoms with van der Waals surface area (Å²) in [5.41, 5.74) is 4.58. The molecule has 94 valence electrons. The van der Waals surface area contributed by atoms with Gasteiger partial charge < -0.3 is 0 Å². The van der Waals surface area contributed by atoms with E-state index in [-0.39, 0.29) is 0 Å². The summed E-state index contributed by atoms with van der Waals surface area (Å²) in [6.45, 7) is 9.25. The summed E-state index contributed by atoms with van der Waals surface area (Å²) < 4.78 is 0. The summed E-state index contributed by atoms with van der Waals surface area (Å²) in [5, 5.41) is 0. The summed E-state index contributed by atoms with van der Waals surface area (Å²) in [6, 6.07) is 7.16. The van der Waals surface area contributed by atoms with Gasteiger partial charge in [0.2, 0.25) is 0 Å². The second kappa shape index (κ2) is 5.25. The Balaban J connectivity index is 2.23. The highest BCUT2D eigenvalue weighted by Crippen LogP contribution is 2.37. The first kappa shape index (κ1) is 12.7. The average Bonchev–Trinajstić information content (AvgIpc) is 2.29. The minimum atomic E-state index is 0.649. The van der Waals surface area contributed by atoms with Crippen molar-refractivity contribution in [1.82, 2.24) is 0 Å². The highest BCUT2D eigenvalue weighted by atomic mass is 14.3. The molecule has 1 fully saturated rings. The minimum Gasteiger partial charge on any atom is -0.0625 e. The van der Waals surface area contributed by atoms with Gasteiger partial charge in [-0.25, -0.2) is 0 Å². The third-order valence-electron chi connectivity index (χ3n) is 4.33. The van der Waals surface area contributed by atoms with Crippen molar-refractivity contribution < 1.29 is 0 Å². The molecule has 0 spiro atoms. The highest BCUT2D eigenvalue weighted by molar-refractivity contribution is 5.35. The fraction of sp³-hybridized carbons (Fsp3) is 0.647. The topological polar surface area (TPSA) is 0 Å². The van der Waals surface area contributed by atoms with Crippen LogP contribution in [0.5, 0.6) is 0 Å². The summed E-state index contributed by atoms with van der Waals surface area (Å²) in [7, 11) is 0. The van der Waals surface area contributed by atoms with E-state index in [1.54, 1.807) is 11.1 Å². The molecule has 2 atom stereocenters. The largest absolute Gasteiger partial charge is 0.0625 e. The maximum Gasteiger partial charge on any atom is -0.0159 e. The second-order valence-electron chi connectivity index (χ2n) is 6.24. The van der Waals surface area contributed by atoms with E-state index in [1.807, 2.05) is 0 Å². The van der Waals surface area contributed by atoms with Crippen LogP contribution in [0.3, 0.4) is 0 Å². The molecule has 0 N–H and O–H groups in total. The van der Waals surface area contributed by atoms with Crippen LogP contribution in [-0.4, -0.2) is 0 Å². The summed E-state index contributed by atoms with van der Waals surface area (Å²) in [6.07, 6.45) is 5.63. The zero-order valence-electron chi connectivity index (χ0n) is 11.8. The van der Waals surface area contributed by atoms with Crippen LogP contribution in [0.15, 0.2) is 18.2 Å². The first-order valence-electron chi connectivity index (χ1n) is 7.18. The molecule has 0 nitrogen and oxygen atoms in total. The molecular weight excluding hydrogens is 204 g/mol. The van der Waals surface area contributed by atoms with Gasteiger partial charge in [0.15, 0.2) is 0 Å². The van der Waals surface area contributed by atoms with E-state index in [0.29, 0.717) is 5.92 Å². The first-order valence-corrected chi connectivity index (χ1v) is 7.18. The molecule has 0 heteroatoms. The summed E-state index contributed by atoms with van der Waals surface area (Å²) >= 11 is 0. The van der Waals surface area contributed by atoms with Crippen LogP contribution >= 0.6 is 0 Å².